The van der Waals surface area contributed by atoms with Crippen LogP contribution in [0.3, 0.4) is 0 Å². The predicted molar refractivity (Wildman–Crippen MR) is 81.5 cm³/mol. The van der Waals surface area contributed by atoms with Gasteiger partial charge in [-0.2, -0.15) is 0 Å². The summed E-state index contributed by atoms with van der Waals surface area (Å²) >= 11 is 5.55. The van der Waals surface area contributed by atoms with Crippen LogP contribution in [0.15, 0.2) is 46.6 Å². The zero-order valence-electron chi connectivity index (χ0n) is 11.3. The van der Waals surface area contributed by atoms with Crippen molar-refractivity contribution in [1.29, 1.82) is 0 Å². The zero-order chi connectivity index (χ0) is 14.7. The summed E-state index contributed by atoms with van der Waals surface area (Å²) in [6.45, 7) is 0. The molecule has 1 aliphatic rings. The van der Waals surface area contributed by atoms with E-state index in [-0.39, 0.29) is 17.3 Å². The molecule has 0 unspecified atom stereocenters. The minimum Gasteiger partial charge on any atom is -0.401 e. The Morgan fingerprint density at radius 3 is 2.35 bits per heavy atom. The molecule has 0 amide bonds. The summed E-state index contributed by atoms with van der Waals surface area (Å²) in [6, 6.07) is 10.3. The van der Waals surface area contributed by atoms with Crippen LogP contribution < -0.4 is 11.5 Å². The van der Waals surface area contributed by atoms with Gasteiger partial charge in [0.15, 0.2) is 0 Å². The van der Waals surface area contributed by atoms with Gasteiger partial charge in [0.1, 0.15) is 5.84 Å². The topological polar surface area (TPSA) is 81.5 Å². The maximum Gasteiger partial charge on any atom is 0.257 e. The molecule has 106 valence electrons. The van der Waals surface area contributed by atoms with E-state index >= 15 is 0 Å². The highest BCUT2D eigenvalue weighted by atomic mass is 35.5. The number of carbonyl (C=O) groups excluding carboxylic acids is 1. The van der Waals surface area contributed by atoms with Crippen LogP contribution in [0.2, 0.25) is 0 Å². The molecule has 4 N–H and O–H groups in total. The van der Waals surface area contributed by atoms with Gasteiger partial charge in [-0.15, -0.1) is 0 Å². The lowest BCUT2D eigenvalue weighted by Gasteiger charge is -2.36. The molecular weight excluding hydrogens is 274 g/mol. The van der Waals surface area contributed by atoms with Crippen LogP contribution in [0.25, 0.3) is 0 Å². The minimum absolute atomic E-state index is 0.102. The number of benzene rings is 1. The molecule has 20 heavy (non-hydrogen) atoms. The molecule has 5 heteroatoms. The molecular formula is C15H18ClN3O. The summed E-state index contributed by atoms with van der Waals surface area (Å²) in [5, 5.41) is -0.645. The van der Waals surface area contributed by atoms with Crippen molar-refractivity contribution in [3.8, 4) is 0 Å². The van der Waals surface area contributed by atoms with Gasteiger partial charge < -0.3 is 11.5 Å². The number of hydrogen-bond donors (Lipinski definition) is 2. The van der Waals surface area contributed by atoms with Crippen molar-refractivity contribution in [2.24, 2.45) is 22.4 Å². The summed E-state index contributed by atoms with van der Waals surface area (Å²) < 4.78 is 0. The van der Waals surface area contributed by atoms with Crippen LogP contribution in [0, 0.1) is 5.92 Å². The number of nitrogens with zero attached hydrogens (tertiary/aromatic N) is 1. The Bertz CT molecular complexity index is 560. The highest BCUT2D eigenvalue weighted by Gasteiger charge is 2.34. The lowest BCUT2D eigenvalue weighted by Crippen LogP contribution is -2.32. The van der Waals surface area contributed by atoms with E-state index < -0.39 is 5.24 Å². The first-order chi connectivity index (χ1) is 9.54. The van der Waals surface area contributed by atoms with Crippen LogP contribution in [-0.4, -0.2) is 18.1 Å². The molecule has 1 saturated carbocycles. The highest BCUT2D eigenvalue weighted by molar-refractivity contribution is 6.70. The number of rotatable bonds is 4. The van der Waals surface area contributed by atoms with Crippen LogP contribution in [-0.2, 0) is 4.79 Å². The number of amidine groups is 1. The van der Waals surface area contributed by atoms with Gasteiger partial charge >= 0.3 is 0 Å². The molecule has 1 fully saturated rings. The van der Waals surface area contributed by atoms with Crippen molar-refractivity contribution in [1.82, 2.24) is 0 Å². The molecule has 0 heterocycles. The molecule has 1 aromatic carbocycles. The Labute approximate surface area is 123 Å². The van der Waals surface area contributed by atoms with Gasteiger partial charge in [0.05, 0.1) is 5.57 Å². The number of nitrogens with two attached hydrogens (primary N) is 2. The molecule has 1 aromatic rings. The summed E-state index contributed by atoms with van der Waals surface area (Å²) in [4.78, 5) is 15.2. The first-order valence-electron chi connectivity index (χ1n) is 6.51. The summed E-state index contributed by atoms with van der Waals surface area (Å²) in [6.07, 6.45) is 1.81. The molecule has 0 bridgehead atoms. The van der Waals surface area contributed by atoms with Gasteiger partial charge in [-0.25, -0.2) is 0 Å². The Kier molecular flexibility index (Phi) is 4.45. The number of carbonyl (C=O) groups is 1. The van der Waals surface area contributed by atoms with Crippen molar-refractivity contribution in [2.45, 2.75) is 18.8 Å². The van der Waals surface area contributed by atoms with Gasteiger partial charge in [-0.3, -0.25) is 9.79 Å². The van der Waals surface area contributed by atoms with E-state index in [0.29, 0.717) is 11.6 Å². The largest absolute Gasteiger partial charge is 0.401 e. The van der Waals surface area contributed by atoms with E-state index in [0.717, 1.165) is 12.8 Å². The normalized spacial score (nSPS) is 23.8. The Hall–Kier alpha value is -1.81. The van der Waals surface area contributed by atoms with E-state index in [1.54, 1.807) is 0 Å². The maximum atomic E-state index is 11.4. The fourth-order valence-electron chi connectivity index (χ4n) is 2.55. The van der Waals surface area contributed by atoms with Gasteiger partial charge in [-0.1, -0.05) is 30.3 Å². The molecule has 0 atom stereocenters. The van der Waals surface area contributed by atoms with Crippen LogP contribution in [0.1, 0.15) is 24.3 Å². The lowest BCUT2D eigenvalue weighted by atomic mass is 9.69. The van der Waals surface area contributed by atoms with E-state index in [2.05, 4.69) is 17.1 Å². The van der Waals surface area contributed by atoms with Crippen molar-refractivity contribution in [2.75, 3.05) is 7.05 Å². The molecule has 1 aliphatic carbocycles. The molecule has 4 nitrogen and oxygen atoms in total. The average molecular weight is 292 g/mol. The molecule has 2 rings (SSSR count). The smallest absolute Gasteiger partial charge is 0.257 e. The molecule has 0 aromatic heterocycles. The number of hydrogen-bond acceptors (Lipinski definition) is 3. The third-order valence-corrected chi connectivity index (χ3v) is 4.02. The first kappa shape index (κ1) is 14.6. The highest BCUT2D eigenvalue weighted by Crippen LogP contribution is 2.44. The third kappa shape index (κ3) is 2.85. The zero-order valence-corrected chi connectivity index (χ0v) is 12.1. The fourth-order valence-corrected chi connectivity index (χ4v) is 2.75. The number of halogens is 1. The lowest BCUT2D eigenvalue weighted by molar-refractivity contribution is -0.108. The average Bonchev–Trinajstić information content (AvgIpc) is 2.37. The summed E-state index contributed by atoms with van der Waals surface area (Å²) in [7, 11) is 1.51. The third-order valence-electron chi connectivity index (χ3n) is 3.83. The van der Waals surface area contributed by atoms with Crippen molar-refractivity contribution < 1.29 is 4.79 Å². The quantitative estimate of drug-likeness (QED) is 0.386. The Morgan fingerprint density at radius 2 is 1.85 bits per heavy atom. The predicted octanol–water partition coefficient (Wildman–Crippen LogP) is 2.15. The molecule has 0 aliphatic heterocycles. The minimum atomic E-state index is -0.645. The van der Waals surface area contributed by atoms with Crippen LogP contribution in [0.5, 0.6) is 0 Å². The van der Waals surface area contributed by atoms with Gasteiger partial charge in [0, 0.05) is 18.7 Å². The summed E-state index contributed by atoms with van der Waals surface area (Å²) in [5.74, 6) is 0.718. The second-order valence-corrected chi connectivity index (χ2v) is 5.33. The van der Waals surface area contributed by atoms with Gasteiger partial charge in [0.25, 0.3) is 5.24 Å². The monoisotopic (exact) mass is 291 g/mol. The first-order valence-corrected chi connectivity index (χ1v) is 6.89. The van der Waals surface area contributed by atoms with Gasteiger partial charge in [-0.05, 0) is 35.9 Å². The van der Waals surface area contributed by atoms with E-state index in [9.17, 15) is 4.79 Å². The van der Waals surface area contributed by atoms with E-state index in [1.807, 2.05) is 18.2 Å². The van der Waals surface area contributed by atoms with Gasteiger partial charge in [0.2, 0.25) is 0 Å². The number of aliphatic imine (C=N–C) groups is 1. The van der Waals surface area contributed by atoms with Crippen molar-refractivity contribution in [3.05, 3.63) is 47.2 Å². The van der Waals surface area contributed by atoms with Crippen LogP contribution in [0.4, 0.5) is 0 Å². The Balaban J connectivity index is 2.13. The summed E-state index contributed by atoms with van der Waals surface area (Å²) in [5.41, 5.74) is 13.7. The fraction of sp³-hybridized carbons (Fsp3) is 0.333. The Morgan fingerprint density at radius 1 is 1.25 bits per heavy atom. The SMILES string of the molecule is CN=C(N)/C(C(=O)Cl)=C(\N)C1CC(c2ccccc2)C1. The molecule has 0 spiro atoms. The second-order valence-electron chi connectivity index (χ2n) is 4.99. The van der Waals surface area contributed by atoms with E-state index in [1.165, 1.54) is 12.6 Å². The second kappa shape index (κ2) is 6.09. The number of allylic oxidation sites excluding steroid dienone is 1. The maximum absolute atomic E-state index is 11.4. The standard InChI is InChI=1S/C15H18ClN3O/c1-19-15(18)12(14(16)20)13(17)11-7-10(8-11)9-5-3-2-4-6-9/h2-6,10-11H,7-8,17H2,1H3,(H2,18,19)/b13-12-. The van der Waals surface area contributed by atoms with Crippen LogP contribution >= 0.6 is 11.6 Å². The van der Waals surface area contributed by atoms with Crippen molar-refractivity contribution >= 4 is 22.7 Å². The molecule has 0 radical (unpaired) electrons. The molecule has 0 saturated heterocycles. The van der Waals surface area contributed by atoms with E-state index in [4.69, 9.17) is 23.1 Å². The van der Waals surface area contributed by atoms with Crippen molar-refractivity contribution in [3.63, 3.8) is 0 Å².